The minimum Gasteiger partial charge on any atom is -0.480 e. The number of amides is 2. The fourth-order valence-corrected chi connectivity index (χ4v) is 1.78. The van der Waals surface area contributed by atoms with Gasteiger partial charge in [0.1, 0.15) is 18.3 Å². The molecule has 0 saturated heterocycles. The van der Waals surface area contributed by atoms with E-state index in [1.54, 1.807) is 0 Å². The maximum atomic E-state index is 12.1. The first-order valence-electron chi connectivity index (χ1n) is 7.60. The van der Waals surface area contributed by atoms with Crippen molar-refractivity contribution in [3.8, 4) is 0 Å². The Balaban J connectivity index is 2.51. The largest absolute Gasteiger partial charge is 0.480 e. The lowest BCUT2D eigenvalue weighted by atomic mass is 10.1. The Morgan fingerprint density at radius 2 is 1.96 bits per heavy atom. The number of nitrogens with one attached hydrogen (secondary N) is 2. The van der Waals surface area contributed by atoms with Crippen LogP contribution in [-0.2, 0) is 14.3 Å². The van der Waals surface area contributed by atoms with Crippen LogP contribution < -0.4 is 10.6 Å². The fraction of sp³-hybridized carbons (Fsp3) is 0.562. The third-order valence-electron chi connectivity index (χ3n) is 3.08. The molecule has 0 bridgehead atoms. The van der Waals surface area contributed by atoms with Crippen molar-refractivity contribution in [2.75, 3.05) is 6.61 Å². The summed E-state index contributed by atoms with van der Waals surface area (Å²) in [6.07, 6.45) is 2.72. The first kappa shape index (κ1) is 19.7. The van der Waals surface area contributed by atoms with E-state index in [-0.39, 0.29) is 24.2 Å². The van der Waals surface area contributed by atoms with Gasteiger partial charge in [0.15, 0.2) is 0 Å². The summed E-state index contributed by atoms with van der Waals surface area (Å²) < 4.78 is 10.3. The van der Waals surface area contributed by atoms with Gasteiger partial charge in [0.25, 0.3) is 5.91 Å². The molecule has 24 heavy (non-hydrogen) atoms. The number of carbonyl (C=O) groups excluding carboxylic acids is 2. The minimum absolute atomic E-state index is 0.126. The lowest BCUT2D eigenvalue weighted by molar-refractivity contribution is -0.143. The van der Waals surface area contributed by atoms with Crippen LogP contribution in [0.15, 0.2) is 23.0 Å². The van der Waals surface area contributed by atoms with Crippen molar-refractivity contribution in [1.29, 1.82) is 0 Å². The van der Waals surface area contributed by atoms with Crippen LogP contribution in [0.3, 0.4) is 0 Å². The molecule has 0 spiro atoms. The van der Waals surface area contributed by atoms with E-state index in [2.05, 4.69) is 10.6 Å². The number of carboxylic acids is 1. The number of aliphatic carboxylic acids is 1. The Bertz CT molecular complexity index is 562. The molecule has 1 heterocycles. The Kier molecular flexibility index (Phi) is 6.97. The topological polar surface area (TPSA) is 118 Å². The molecule has 134 valence electrons. The fourth-order valence-electron chi connectivity index (χ4n) is 1.78. The molecule has 8 heteroatoms. The van der Waals surface area contributed by atoms with E-state index < -0.39 is 29.9 Å². The van der Waals surface area contributed by atoms with Crippen LogP contribution in [0.2, 0.25) is 0 Å². The average Bonchev–Trinajstić information content (AvgIpc) is 2.98. The highest BCUT2D eigenvalue weighted by molar-refractivity contribution is 5.97. The predicted octanol–water partition coefficient (Wildman–Crippen LogP) is 1.17. The van der Waals surface area contributed by atoms with Gasteiger partial charge in [-0.05, 0) is 33.8 Å². The Morgan fingerprint density at radius 3 is 2.46 bits per heavy atom. The molecule has 0 aromatic carbocycles. The summed E-state index contributed by atoms with van der Waals surface area (Å²) in [5.74, 6) is -2.22. The predicted molar refractivity (Wildman–Crippen MR) is 85.5 cm³/mol. The maximum absolute atomic E-state index is 12.1. The minimum atomic E-state index is -1.16. The maximum Gasteiger partial charge on any atom is 0.326 e. The number of rotatable bonds is 8. The van der Waals surface area contributed by atoms with Crippen LogP contribution >= 0.6 is 0 Å². The smallest absolute Gasteiger partial charge is 0.326 e. The van der Waals surface area contributed by atoms with Crippen LogP contribution in [0.5, 0.6) is 0 Å². The standard InChI is InChI=1S/C16H24N2O6/c1-10(17-14(20)11-5-7-23-9-11)13(19)18-12(15(21)22)6-8-24-16(2,3)4/h5,7,9-10,12H,6,8H2,1-4H3,(H,17,20)(H,18,19)(H,21,22). The van der Waals surface area contributed by atoms with Crippen molar-refractivity contribution >= 4 is 17.8 Å². The molecule has 0 fully saturated rings. The van der Waals surface area contributed by atoms with Gasteiger partial charge < -0.3 is 24.9 Å². The van der Waals surface area contributed by atoms with Crippen molar-refractivity contribution in [3.63, 3.8) is 0 Å². The van der Waals surface area contributed by atoms with E-state index in [0.717, 1.165) is 0 Å². The van der Waals surface area contributed by atoms with Gasteiger partial charge in [-0.3, -0.25) is 9.59 Å². The molecule has 1 rings (SSSR count). The highest BCUT2D eigenvalue weighted by Gasteiger charge is 2.25. The van der Waals surface area contributed by atoms with Gasteiger partial charge >= 0.3 is 5.97 Å². The second-order valence-electron chi connectivity index (χ2n) is 6.36. The van der Waals surface area contributed by atoms with Crippen LogP contribution in [-0.4, -0.2) is 47.2 Å². The Hall–Kier alpha value is -2.35. The van der Waals surface area contributed by atoms with Crippen molar-refractivity contribution in [1.82, 2.24) is 10.6 Å². The highest BCUT2D eigenvalue weighted by atomic mass is 16.5. The van der Waals surface area contributed by atoms with Crippen molar-refractivity contribution in [2.24, 2.45) is 0 Å². The summed E-state index contributed by atoms with van der Waals surface area (Å²) >= 11 is 0. The molecule has 2 unspecified atom stereocenters. The molecule has 2 amide bonds. The second-order valence-corrected chi connectivity index (χ2v) is 6.36. The zero-order chi connectivity index (χ0) is 18.3. The molecule has 1 aromatic heterocycles. The first-order chi connectivity index (χ1) is 11.1. The summed E-state index contributed by atoms with van der Waals surface area (Å²) in [4.78, 5) is 35.2. The number of carbonyl (C=O) groups is 3. The second kappa shape index (κ2) is 8.49. The Labute approximate surface area is 140 Å². The monoisotopic (exact) mass is 340 g/mol. The third kappa shape index (κ3) is 6.82. The molecule has 1 aromatic rings. The van der Waals surface area contributed by atoms with Gasteiger partial charge in [0.05, 0.1) is 17.4 Å². The molecule has 0 aliphatic carbocycles. The summed E-state index contributed by atoms with van der Waals surface area (Å²) in [6, 6.07) is -0.518. The molecule has 8 nitrogen and oxygen atoms in total. The zero-order valence-corrected chi connectivity index (χ0v) is 14.3. The van der Waals surface area contributed by atoms with Crippen molar-refractivity contribution in [2.45, 2.75) is 51.8 Å². The normalized spacial score (nSPS) is 13.8. The first-order valence-corrected chi connectivity index (χ1v) is 7.60. The SMILES string of the molecule is CC(NC(=O)c1ccoc1)C(=O)NC(CCOC(C)(C)C)C(=O)O. The van der Waals surface area contributed by atoms with Gasteiger partial charge in [-0.25, -0.2) is 4.79 Å². The lowest BCUT2D eigenvalue weighted by Crippen LogP contribution is -2.50. The van der Waals surface area contributed by atoms with Gasteiger partial charge in [0.2, 0.25) is 5.91 Å². The molecule has 0 aliphatic rings. The number of carboxylic acid groups (broad SMARTS) is 1. The molecule has 0 saturated carbocycles. The molecular weight excluding hydrogens is 316 g/mol. The number of furan rings is 1. The number of hydrogen-bond donors (Lipinski definition) is 3. The van der Waals surface area contributed by atoms with E-state index in [1.165, 1.54) is 25.5 Å². The van der Waals surface area contributed by atoms with E-state index in [0.29, 0.717) is 0 Å². The van der Waals surface area contributed by atoms with Gasteiger partial charge in [0, 0.05) is 13.0 Å². The van der Waals surface area contributed by atoms with E-state index in [9.17, 15) is 19.5 Å². The molecule has 2 atom stereocenters. The molecular formula is C16H24N2O6. The average molecular weight is 340 g/mol. The highest BCUT2D eigenvalue weighted by Crippen LogP contribution is 2.08. The molecule has 0 radical (unpaired) electrons. The van der Waals surface area contributed by atoms with Crippen LogP contribution in [0.25, 0.3) is 0 Å². The van der Waals surface area contributed by atoms with E-state index in [4.69, 9.17) is 9.15 Å². The van der Waals surface area contributed by atoms with Gasteiger partial charge in [-0.15, -0.1) is 0 Å². The van der Waals surface area contributed by atoms with Crippen LogP contribution in [0.4, 0.5) is 0 Å². The molecule has 0 aliphatic heterocycles. The van der Waals surface area contributed by atoms with Crippen molar-refractivity contribution in [3.05, 3.63) is 24.2 Å². The van der Waals surface area contributed by atoms with E-state index >= 15 is 0 Å². The quantitative estimate of drug-likeness (QED) is 0.654. The zero-order valence-electron chi connectivity index (χ0n) is 14.3. The van der Waals surface area contributed by atoms with E-state index in [1.807, 2.05) is 20.8 Å². The lowest BCUT2D eigenvalue weighted by Gasteiger charge is -2.22. The van der Waals surface area contributed by atoms with Gasteiger partial charge in [-0.2, -0.15) is 0 Å². The third-order valence-corrected chi connectivity index (χ3v) is 3.08. The number of ether oxygens (including phenoxy) is 1. The summed E-state index contributed by atoms with van der Waals surface area (Å²) in [7, 11) is 0. The molecule has 3 N–H and O–H groups in total. The Morgan fingerprint density at radius 1 is 1.29 bits per heavy atom. The summed E-state index contributed by atoms with van der Waals surface area (Å²) in [5, 5.41) is 14.1. The van der Waals surface area contributed by atoms with Gasteiger partial charge in [-0.1, -0.05) is 0 Å². The summed E-state index contributed by atoms with van der Waals surface area (Å²) in [6.45, 7) is 7.23. The number of hydrogen-bond acceptors (Lipinski definition) is 5. The van der Waals surface area contributed by atoms with Crippen LogP contribution in [0, 0.1) is 0 Å². The van der Waals surface area contributed by atoms with Crippen molar-refractivity contribution < 1.29 is 28.6 Å². The summed E-state index contributed by atoms with van der Waals surface area (Å²) in [5.41, 5.74) is -0.109. The van der Waals surface area contributed by atoms with Crippen LogP contribution in [0.1, 0.15) is 44.5 Å².